The Balaban J connectivity index is 1.18. The fourth-order valence-electron chi connectivity index (χ4n) is 8.38. The predicted octanol–water partition coefficient (Wildman–Crippen LogP) is 3.35. The number of fused-ring (bicyclic) bond motifs is 4. The molecule has 4 amide bonds. The smallest absolute Gasteiger partial charge is 0.307 e. The molecule has 296 valence electrons. The van der Waals surface area contributed by atoms with Crippen molar-refractivity contribution in [3.63, 3.8) is 0 Å². The zero-order valence-corrected chi connectivity index (χ0v) is 33.0. The van der Waals surface area contributed by atoms with Crippen LogP contribution in [0.4, 0.5) is 0 Å². The van der Waals surface area contributed by atoms with Crippen molar-refractivity contribution in [2.75, 3.05) is 19.6 Å². The molecule has 2 aromatic rings. The Bertz CT molecular complexity index is 2070. The van der Waals surface area contributed by atoms with Gasteiger partial charge in [-0.05, 0) is 77.0 Å². The quantitative estimate of drug-likeness (QED) is 0.279. The van der Waals surface area contributed by atoms with Gasteiger partial charge in [0, 0.05) is 54.2 Å². The summed E-state index contributed by atoms with van der Waals surface area (Å²) >= 11 is 1.03. The average molecular weight is 796 g/mol. The molecule has 16 heteroatoms. The van der Waals surface area contributed by atoms with Crippen molar-refractivity contribution < 1.29 is 37.1 Å². The molecule has 3 N–H and O–H groups in total. The number of hydrogen-bond acceptors (Lipinski definition) is 10. The Morgan fingerprint density at radius 3 is 2.53 bits per heavy atom. The lowest BCUT2D eigenvalue weighted by atomic mass is 9.92. The van der Waals surface area contributed by atoms with E-state index in [9.17, 15) is 37.2 Å². The van der Waals surface area contributed by atoms with Gasteiger partial charge in [-0.1, -0.05) is 48.5 Å². The van der Waals surface area contributed by atoms with E-state index in [2.05, 4.69) is 15.0 Å². The molecule has 6 atom stereocenters. The molecule has 0 spiro atoms. The summed E-state index contributed by atoms with van der Waals surface area (Å²) in [4.78, 5) is 87.7. The molecule has 14 nitrogen and oxygen atoms in total. The topological polar surface area (TPSA) is 192 Å². The lowest BCUT2D eigenvalue weighted by molar-refractivity contribution is -0.159. The summed E-state index contributed by atoms with van der Waals surface area (Å²) in [5, 5.41) is 3.98. The minimum absolute atomic E-state index is 0.153. The number of H-pyrrole nitrogens is 1. The molecular weight excluding hydrogens is 747 g/mol. The Kier molecular flexibility index (Phi) is 10.6. The number of allylic oxidation sites excluding steroid dienone is 1. The number of aromatic nitrogens is 1. The summed E-state index contributed by atoms with van der Waals surface area (Å²) in [6.07, 6.45) is 8.20. The molecule has 4 fully saturated rings. The number of aromatic amines is 1. The van der Waals surface area contributed by atoms with E-state index in [1.807, 2.05) is 12.2 Å². The summed E-state index contributed by atoms with van der Waals surface area (Å²) in [7, 11) is -3.91. The Hall–Kier alpha value is -4.31. The third-order valence-corrected chi connectivity index (χ3v) is 13.9. The number of esters is 1. The van der Waals surface area contributed by atoms with Crippen molar-refractivity contribution in [2.45, 2.75) is 101 Å². The van der Waals surface area contributed by atoms with Crippen LogP contribution in [0.15, 0.2) is 46.6 Å². The second-order valence-corrected chi connectivity index (χ2v) is 19.5. The number of amides is 4. The minimum Gasteiger partial charge on any atom is -0.460 e. The van der Waals surface area contributed by atoms with Gasteiger partial charge in [0.1, 0.15) is 17.2 Å². The zero-order chi connectivity index (χ0) is 39.3. The summed E-state index contributed by atoms with van der Waals surface area (Å²) in [5.41, 5.74) is -0.589. The van der Waals surface area contributed by atoms with Gasteiger partial charge in [0.25, 0.3) is 11.8 Å². The fourth-order valence-corrected chi connectivity index (χ4v) is 10.3. The molecule has 0 bridgehead atoms. The third-order valence-electron chi connectivity index (χ3n) is 11.4. The van der Waals surface area contributed by atoms with Gasteiger partial charge in [-0.2, -0.15) is 0 Å². The van der Waals surface area contributed by atoms with Gasteiger partial charge in [0.05, 0.1) is 17.4 Å². The summed E-state index contributed by atoms with van der Waals surface area (Å²) in [6.45, 7) is 5.86. The van der Waals surface area contributed by atoms with E-state index < -0.39 is 68.0 Å². The number of likely N-dealkylation sites (tertiary alicyclic amines) is 1. The number of sulfonamides is 1. The molecule has 55 heavy (non-hydrogen) atoms. The third kappa shape index (κ3) is 8.44. The van der Waals surface area contributed by atoms with Crippen molar-refractivity contribution in [1.29, 1.82) is 0 Å². The van der Waals surface area contributed by atoms with Crippen molar-refractivity contribution in [1.82, 2.24) is 24.8 Å². The van der Waals surface area contributed by atoms with Gasteiger partial charge in [0.15, 0.2) is 0 Å². The Morgan fingerprint density at radius 1 is 1.04 bits per heavy atom. The number of benzene rings is 1. The molecule has 4 heterocycles. The lowest BCUT2D eigenvalue weighted by Crippen LogP contribution is -2.58. The van der Waals surface area contributed by atoms with E-state index in [4.69, 9.17) is 4.74 Å². The summed E-state index contributed by atoms with van der Waals surface area (Å²) in [6, 6.07) is 5.85. The number of nitrogens with one attached hydrogen (secondary N) is 3. The molecule has 5 aliphatic rings. The van der Waals surface area contributed by atoms with Crippen LogP contribution < -0.4 is 14.9 Å². The van der Waals surface area contributed by atoms with Gasteiger partial charge in [-0.3, -0.25) is 33.5 Å². The second kappa shape index (κ2) is 15.0. The highest BCUT2D eigenvalue weighted by Crippen LogP contribution is 2.47. The molecule has 0 radical (unpaired) electrons. The van der Waals surface area contributed by atoms with E-state index in [1.54, 1.807) is 55.3 Å². The van der Waals surface area contributed by atoms with E-state index in [1.165, 1.54) is 4.90 Å². The predicted molar refractivity (Wildman–Crippen MR) is 204 cm³/mol. The average Bonchev–Trinajstić information content (AvgIpc) is 3.96. The molecule has 2 aliphatic carbocycles. The largest absolute Gasteiger partial charge is 0.460 e. The first-order valence-electron chi connectivity index (χ1n) is 19.2. The maximum Gasteiger partial charge on any atom is 0.307 e. The molecule has 1 aromatic heterocycles. The van der Waals surface area contributed by atoms with E-state index in [0.29, 0.717) is 48.9 Å². The fraction of sp³-hybridized carbons (Fsp3) is 0.590. The van der Waals surface area contributed by atoms with E-state index in [-0.39, 0.29) is 55.1 Å². The molecule has 3 aliphatic heterocycles. The van der Waals surface area contributed by atoms with Gasteiger partial charge < -0.3 is 24.8 Å². The van der Waals surface area contributed by atoms with Gasteiger partial charge in [0.2, 0.25) is 21.8 Å². The first kappa shape index (κ1) is 38.9. The van der Waals surface area contributed by atoms with Crippen LogP contribution in [0, 0.1) is 23.7 Å². The number of carbonyl (C=O) groups is 5. The molecule has 2 saturated carbocycles. The lowest BCUT2D eigenvalue weighted by Gasteiger charge is -2.33. The number of thiazole rings is 1. The van der Waals surface area contributed by atoms with Gasteiger partial charge in [-0.25, -0.2) is 8.42 Å². The molecular formula is C39H49N5O9S2. The summed E-state index contributed by atoms with van der Waals surface area (Å²) in [5.74, 6) is -4.48. The highest BCUT2D eigenvalue weighted by Gasteiger charge is 2.63. The molecule has 0 unspecified atom stereocenters. The number of nitrogens with zero attached hydrogens (tertiary/aromatic N) is 2. The normalized spacial score (nSPS) is 29.2. The van der Waals surface area contributed by atoms with Gasteiger partial charge in [-0.15, -0.1) is 0 Å². The van der Waals surface area contributed by atoms with Crippen molar-refractivity contribution >= 4 is 51.0 Å². The van der Waals surface area contributed by atoms with Crippen molar-refractivity contribution in [2.24, 2.45) is 23.7 Å². The molecule has 1 aromatic carbocycles. The van der Waals surface area contributed by atoms with Crippen LogP contribution in [0.3, 0.4) is 0 Å². The number of carbonyl (C=O) groups excluding carboxylic acids is 5. The first-order valence-corrected chi connectivity index (χ1v) is 21.6. The van der Waals surface area contributed by atoms with Crippen LogP contribution in [0.25, 0.3) is 11.3 Å². The standard InChI is InChI=1S/C39H49N5O9S2/c1-38(2,3)53-31(45)17-25-10-7-5-4-6-8-13-27-18-39(27,36(49)42-55(51,52)28-14-15-28)41-33(46)32-29-21-43(19-26(29)20-44(32)35(25)48)34(47)24-12-9-11-23(16-24)30-22-54-37(50)40-30/h8-9,11-13,16,22,25-29,32H,4-7,10,14-15,17-21H2,1-3H3,(H,40,50)(H,41,46)(H,42,49)/b13-8-/t25-,26+,27-,29+,32+,39-/m1/s1. The maximum absolute atomic E-state index is 14.7. The van der Waals surface area contributed by atoms with Crippen molar-refractivity contribution in [3.05, 3.63) is 57.0 Å². The highest BCUT2D eigenvalue weighted by molar-refractivity contribution is 7.91. The van der Waals surface area contributed by atoms with Gasteiger partial charge >= 0.3 is 10.8 Å². The van der Waals surface area contributed by atoms with E-state index in [0.717, 1.165) is 24.2 Å². The van der Waals surface area contributed by atoms with Crippen LogP contribution in [0.1, 0.15) is 88.9 Å². The van der Waals surface area contributed by atoms with Crippen LogP contribution in [0.5, 0.6) is 0 Å². The van der Waals surface area contributed by atoms with Crippen LogP contribution in [-0.4, -0.2) is 94.9 Å². The Morgan fingerprint density at radius 2 is 1.82 bits per heavy atom. The van der Waals surface area contributed by atoms with E-state index >= 15 is 0 Å². The molecule has 2 saturated heterocycles. The van der Waals surface area contributed by atoms with Crippen LogP contribution in [-0.2, 0) is 33.9 Å². The highest BCUT2D eigenvalue weighted by atomic mass is 32.2. The number of rotatable bonds is 7. The van der Waals surface area contributed by atoms with Crippen molar-refractivity contribution in [3.8, 4) is 11.3 Å². The second-order valence-electron chi connectivity index (χ2n) is 16.7. The zero-order valence-electron chi connectivity index (χ0n) is 31.4. The van der Waals surface area contributed by atoms with Crippen LogP contribution >= 0.6 is 11.3 Å². The monoisotopic (exact) mass is 795 g/mol. The first-order chi connectivity index (χ1) is 26.0. The number of hydrogen-bond donors (Lipinski definition) is 3. The Labute approximate surface area is 324 Å². The molecule has 7 rings (SSSR count). The van der Waals surface area contributed by atoms with Crippen LogP contribution in [0.2, 0.25) is 0 Å². The minimum atomic E-state index is -3.91. The number of ether oxygens (including phenoxy) is 1. The SMILES string of the molecule is CC(C)(C)OC(=O)C[C@H]1CCCCC/C=C\[C@@H]2C[C@@]2(C(=O)NS(=O)(=O)C2CC2)NC(=O)[C@@H]2[C@H]3CN(C(=O)c4cccc(-c5csc(=O)[nH]5)c4)C[C@H]3CN2C1=O. The maximum atomic E-state index is 14.7. The summed E-state index contributed by atoms with van der Waals surface area (Å²) < 4.78 is 33.6.